The fourth-order valence-corrected chi connectivity index (χ4v) is 3.29. The summed E-state index contributed by atoms with van der Waals surface area (Å²) in [5.74, 6) is -0.0331. The average molecular weight is 314 g/mol. The molecule has 1 aliphatic rings. The summed E-state index contributed by atoms with van der Waals surface area (Å²) in [4.78, 5) is 12.8. The van der Waals surface area contributed by atoms with E-state index < -0.39 is 5.97 Å². The Morgan fingerprint density at radius 3 is 2.81 bits per heavy atom. The maximum absolute atomic E-state index is 10.8. The van der Waals surface area contributed by atoms with Crippen LogP contribution in [-0.4, -0.2) is 58.9 Å². The molecule has 1 saturated carbocycles. The number of likely N-dealkylation sites (N-methyl/N-ethyl adjacent to an activating group) is 1. The number of thioether (sulfide) groups is 1. The van der Waals surface area contributed by atoms with Crippen LogP contribution in [-0.2, 0) is 9.53 Å². The average Bonchev–Trinajstić information content (AvgIpc) is 3.10. The summed E-state index contributed by atoms with van der Waals surface area (Å²) in [6.45, 7) is 1.34. The van der Waals surface area contributed by atoms with Crippen molar-refractivity contribution in [3.63, 3.8) is 0 Å². The van der Waals surface area contributed by atoms with Crippen LogP contribution in [0.2, 0.25) is 0 Å². The van der Waals surface area contributed by atoms with E-state index in [1.54, 1.807) is 7.11 Å². The molecule has 1 fully saturated rings. The monoisotopic (exact) mass is 314 g/mol. The molecule has 2 rings (SSSR count). The molecule has 1 aliphatic carbocycles. The SMILES string of the molecule is COCCN(C)c1nnc(SCC(=O)O)n1C1CCCC1. The number of carboxylic acid groups (broad SMARTS) is 1. The highest BCUT2D eigenvalue weighted by molar-refractivity contribution is 7.99. The van der Waals surface area contributed by atoms with Gasteiger partial charge in [0.25, 0.3) is 0 Å². The zero-order valence-electron chi connectivity index (χ0n) is 12.5. The summed E-state index contributed by atoms with van der Waals surface area (Å²) >= 11 is 1.24. The van der Waals surface area contributed by atoms with Crippen LogP contribution in [0.25, 0.3) is 0 Å². The van der Waals surface area contributed by atoms with Crippen LogP contribution >= 0.6 is 11.8 Å². The Morgan fingerprint density at radius 1 is 1.48 bits per heavy atom. The molecule has 0 aliphatic heterocycles. The number of nitrogens with zero attached hydrogens (tertiary/aromatic N) is 4. The van der Waals surface area contributed by atoms with E-state index in [2.05, 4.69) is 14.8 Å². The highest BCUT2D eigenvalue weighted by Crippen LogP contribution is 2.35. The van der Waals surface area contributed by atoms with Crippen LogP contribution in [0.15, 0.2) is 5.16 Å². The number of carboxylic acids is 1. The molecule has 1 heterocycles. The van der Waals surface area contributed by atoms with Gasteiger partial charge in [0.15, 0.2) is 5.16 Å². The molecule has 0 spiro atoms. The van der Waals surface area contributed by atoms with E-state index in [1.807, 2.05) is 11.9 Å². The predicted molar refractivity (Wildman–Crippen MR) is 81.0 cm³/mol. The van der Waals surface area contributed by atoms with Crippen LogP contribution in [0.5, 0.6) is 0 Å². The minimum Gasteiger partial charge on any atom is -0.481 e. The highest BCUT2D eigenvalue weighted by atomic mass is 32.2. The molecule has 1 aromatic rings. The minimum absolute atomic E-state index is 0.00659. The summed E-state index contributed by atoms with van der Waals surface area (Å²) in [7, 11) is 3.63. The number of methoxy groups -OCH3 is 1. The number of carbonyl (C=O) groups is 1. The Kier molecular flexibility index (Phi) is 5.86. The summed E-state index contributed by atoms with van der Waals surface area (Å²) in [6, 6.07) is 0.372. The first kappa shape index (κ1) is 16.1. The van der Waals surface area contributed by atoms with Gasteiger partial charge in [0.1, 0.15) is 0 Å². The third-order valence-corrected chi connectivity index (χ3v) is 4.56. The fraction of sp³-hybridized carbons (Fsp3) is 0.769. The van der Waals surface area contributed by atoms with Crippen molar-refractivity contribution in [2.24, 2.45) is 0 Å². The molecule has 21 heavy (non-hydrogen) atoms. The van der Waals surface area contributed by atoms with Gasteiger partial charge in [0.2, 0.25) is 5.95 Å². The van der Waals surface area contributed by atoms with Crippen molar-refractivity contribution in [2.45, 2.75) is 36.9 Å². The van der Waals surface area contributed by atoms with Crippen LogP contribution in [0.1, 0.15) is 31.7 Å². The van der Waals surface area contributed by atoms with Gasteiger partial charge in [-0.05, 0) is 12.8 Å². The van der Waals surface area contributed by atoms with Crippen molar-refractivity contribution in [3.8, 4) is 0 Å². The van der Waals surface area contributed by atoms with Crippen LogP contribution in [0, 0.1) is 0 Å². The maximum Gasteiger partial charge on any atom is 0.313 e. The molecule has 0 radical (unpaired) electrons. The lowest BCUT2D eigenvalue weighted by Crippen LogP contribution is -2.26. The molecule has 8 heteroatoms. The van der Waals surface area contributed by atoms with E-state index in [0.29, 0.717) is 17.8 Å². The Labute approximate surface area is 128 Å². The van der Waals surface area contributed by atoms with Gasteiger partial charge < -0.3 is 14.7 Å². The first-order chi connectivity index (χ1) is 10.1. The minimum atomic E-state index is -0.838. The first-order valence-corrected chi connectivity index (χ1v) is 8.11. The zero-order chi connectivity index (χ0) is 15.2. The number of hydrogen-bond donors (Lipinski definition) is 1. The van der Waals surface area contributed by atoms with Gasteiger partial charge in [0, 0.05) is 26.7 Å². The fourth-order valence-electron chi connectivity index (χ4n) is 2.56. The molecule has 0 atom stereocenters. The van der Waals surface area contributed by atoms with E-state index in [0.717, 1.165) is 25.3 Å². The molecule has 118 valence electrons. The van der Waals surface area contributed by atoms with Gasteiger partial charge in [-0.2, -0.15) is 0 Å². The largest absolute Gasteiger partial charge is 0.481 e. The van der Waals surface area contributed by atoms with Gasteiger partial charge in [0.05, 0.1) is 12.4 Å². The van der Waals surface area contributed by atoms with Gasteiger partial charge >= 0.3 is 5.97 Å². The lowest BCUT2D eigenvalue weighted by molar-refractivity contribution is -0.133. The molecule has 7 nitrogen and oxygen atoms in total. The van der Waals surface area contributed by atoms with E-state index in [4.69, 9.17) is 9.84 Å². The lowest BCUT2D eigenvalue weighted by Gasteiger charge is -2.22. The van der Waals surface area contributed by atoms with Crippen molar-refractivity contribution in [1.29, 1.82) is 0 Å². The van der Waals surface area contributed by atoms with Gasteiger partial charge in [-0.25, -0.2) is 0 Å². The summed E-state index contributed by atoms with van der Waals surface area (Å²) in [6.07, 6.45) is 4.60. The summed E-state index contributed by atoms with van der Waals surface area (Å²) in [5, 5.41) is 18.0. The molecule has 0 saturated heterocycles. The molecular weight excluding hydrogens is 292 g/mol. The second-order valence-electron chi connectivity index (χ2n) is 5.19. The molecule has 1 aromatic heterocycles. The standard InChI is InChI=1S/C13H22N4O3S/c1-16(7-8-20-2)12-14-15-13(21-9-11(18)19)17(12)10-5-3-4-6-10/h10H,3-9H2,1-2H3,(H,18,19). The van der Waals surface area contributed by atoms with Crippen molar-refractivity contribution < 1.29 is 14.6 Å². The Hall–Kier alpha value is -1.28. The molecule has 1 N–H and O–H groups in total. The maximum atomic E-state index is 10.8. The molecule has 0 amide bonds. The number of anilines is 1. The quantitative estimate of drug-likeness (QED) is 0.731. The third kappa shape index (κ3) is 4.10. The molecule has 0 bridgehead atoms. The van der Waals surface area contributed by atoms with Crippen LogP contribution in [0.3, 0.4) is 0 Å². The van der Waals surface area contributed by atoms with Crippen molar-refractivity contribution >= 4 is 23.7 Å². The van der Waals surface area contributed by atoms with E-state index in [-0.39, 0.29) is 5.75 Å². The van der Waals surface area contributed by atoms with E-state index in [1.165, 1.54) is 24.6 Å². The summed E-state index contributed by atoms with van der Waals surface area (Å²) in [5.41, 5.74) is 0. The lowest BCUT2D eigenvalue weighted by atomic mass is 10.2. The Balaban J connectivity index is 2.20. The third-order valence-electron chi connectivity index (χ3n) is 3.63. The van der Waals surface area contributed by atoms with Gasteiger partial charge in [-0.3, -0.25) is 9.36 Å². The van der Waals surface area contributed by atoms with Crippen molar-refractivity contribution in [2.75, 3.05) is 38.0 Å². The predicted octanol–water partition coefficient (Wildman–Crippen LogP) is 1.65. The van der Waals surface area contributed by atoms with Crippen LogP contribution < -0.4 is 4.90 Å². The Bertz CT molecular complexity index is 474. The van der Waals surface area contributed by atoms with Gasteiger partial charge in [-0.15, -0.1) is 10.2 Å². The number of hydrogen-bond acceptors (Lipinski definition) is 6. The number of rotatable bonds is 8. The van der Waals surface area contributed by atoms with Crippen molar-refractivity contribution in [1.82, 2.24) is 14.8 Å². The second-order valence-corrected chi connectivity index (χ2v) is 6.13. The highest BCUT2D eigenvalue weighted by Gasteiger charge is 2.26. The normalized spacial score (nSPS) is 15.5. The topological polar surface area (TPSA) is 80.5 Å². The molecular formula is C13H22N4O3S. The Morgan fingerprint density at radius 2 is 2.19 bits per heavy atom. The van der Waals surface area contributed by atoms with E-state index >= 15 is 0 Å². The van der Waals surface area contributed by atoms with Crippen LogP contribution in [0.4, 0.5) is 5.95 Å². The van der Waals surface area contributed by atoms with E-state index in [9.17, 15) is 4.79 Å². The summed E-state index contributed by atoms with van der Waals surface area (Å²) < 4.78 is 7.21. The first-order valence-electron chi connectivity index (χ1n) is 7.13. The molecule has 0 unspecified atom stereocenters. The van der Waals surface area contributed by atoms with Crippen molar-refractivity contribution in [3.05, 3.63) is 0 Å². The smallest absolute Gasteiger partial charge is 0.313 e. The second kappa shape index (κ2) is 7.65. The molecule has 0 aromatic carbocycles. The van der Waals surface area contributed by atoms with Gasteiger partial charge in [-0.1, -0.05) is 24.6 Å². The number of aliphatic carboxylic acids is 1. The number of aromatic nitrogens is 3. The zero-order valence-corrected chi connectivity index (χ0v) is 13.3. The number of ether oxygens (including phenoxy) is 1.